The van der Waals surface area contributed by atoms with Crippen molar-refractivity contribution in [1.82, 2.24) is 19.8 Å². The van der Waals surface area contributed by atoms with E-state index in [0.717, 1.165) is 35.1 Å². The maximum atomic E-state index is 14.5. The molecular formula is C33H37FN7O10S2+. The molecule has 7 N–H and O–H groups in total. The van der Waals surface area contributed by atoms with Crippen LogP contribution in [0, 0.1) is 5.82 Å². The van der Waals surface area contributed by atoms with Gasteiger partial charge in [0.2, 0.25) is 5.60 Å². The number of β-lactam (4-membered cyclic amide) rings is 1. The first-order valence-corrected chi connectivity index (χ1v) is 18.4. The average molecular weight is 775 g/mol. The lowest BCUT2D eigenvalue weighted by Gasteiger charge is -2.50. The number of carbonyl (C=O) groups excluding carboxylic acids is 2. The van der Waals surface area contributed by atoms with Crippen molar-refractivity contribution >= 4 is 68.6 Å². The summed E-state index contributed by atoms with van der Waals surface area (Å²) in [7, 11) is 0. The monoisotopic (exact) mass is 774 g/mol. The van der Waals surface area contributed by atoms with E-state index in [2.05, 4.69) is 15.5 Å². The Morgan fingerprint density at radius 1 is 1.17 bits per heavy atom. The predicted octanol–water partition coefficient (Wildman–Crippen LogP) is 1.74. The number of nitrogens with zero attached hydrogens (tertiary/aromatic N) is 5. The van der Waals surface area contributed by atoms with E-state index in [1.54, 1.807) is 17.7 Å². The number of phenolic OH excluding ortho intramolecular Hbond substituents is 2. The molecule has 2 aromatic heterocycles. The number of hydrogen-bond donors (Lipinski definition) is 6. The first kappa shape index (κ1) is 37.5. The molecule has 53 heavy (non-hydrogen) atoms. The van der Waals surface area contributed by atoms with Gasteiger partial charge in [0.1, 0.15) is 35.9 Å². The fourth-order valence-electron chi connectivity index (χ4n) is 6.89. The number of nitrogens with two attached hydrogens (primary N) is 1. The molecule has 0 radical (unpaired) electrons. The number of rotatable bonds is 12. The number of halogens is 1. The maximum absolute atomic E-state index is 14.5. The minimum atomic E-state index is -1.81. The van der Waals surface area contributed by atoms with Crippen LogP contribution in [0.15, 0.2) is 38.9 Å². The van der Waals surface area contributed by atoms with Crippen LogP contribution < -0.4 is 16.5 Å². The Balaban J connectivity index is 1.27. The van der Waals surface area contributed by atoms with Crippen molar-refractivity contribution in [2.75, 3.05) is 31.1 Å². The normalized spacial score (nSPS) is 20.0. The van der Waals surface area contributed by atoms with E-state index in [0.29, 0.717) is 35.3 Å². The Bertz CT molecular complexity index is 2180. The van der Waals surface area contributed by atoms with E-state index in [1.807, 2.05) is 0 Å². The van der Waals surface area contributed by atoms with Crippen LogP contribution in [-0.4, -0.2) is 111 Å². The number of fused-ring (bicyclic) bond motifs is 2. The van der Waals surface area contributed by atoms with Crippen LogP contribution >= 0.6 is 23.1 Å². The Hall–Kier alpha value is -5.21. The van der Waals surface area contributed by atoms with Gasteiger partial charge in [-0.3, -0.25) is 19.3 Å². The van der Waals surface area contributed by atoms with Gasteiger partial charge in [0, 0.05) is 42.3 Å². The zero-order valence-electron chi connectivity index (χ0n) is 28.8. The number of thiazole rings is 1. The van der Waals surface area contributed by atoms with E-state index < -0.39 is 69.2 Å². The fraction of sp³-hybridized carbons (Fsp3) is 0.424. The summed E-state index contributed by atoms with van der Waals surface area (Å²) < 4.78 is 16.3. The second-order valence-corrected chi connectivity index (χ2v) is 15.6. The van der Waals surface area contributed by atoms with Crippen LogP contribution in [0.25, 0.3) is 10.9 Å². The number of hydrogen-bond acceptors (Lipinski definition) is 13. The highest BCUT2D eigenvalue weighted by Crippen LogP contribution is 2.42. The molecule has 3 aromatic rings. The van der Waals surface area contributed by atoms with Crippen LogP contribution in [0.1, 0.15) is 44.9 Å². The summed E-state index contributed by atoms with van der Waals surface area (Å²) in [5, 5.41) is 47.2. The highest BCUT2D eigenvalue weighted by Gasteiger charge is 2.55. The van der Waals surface area contributed by atoms with Crippen LogP contribution in [0.5, 0.6) is 11.5 Å². The molecule has 0 aliphatic carbocycles. The van der Waals surface area contributed by atoms with Crippen molar-refractivity contribution in [1.29, 1.82) is 0 Å². The van der Waals surface area contributed by atoms with E-state index in [1.165, 1.54) is 31.0 Å². The molecule has 2 amide bonds. The standard InChI is InChI=1S/C33H36FN7O10S2/c1-4-39-10-15(24(42)17-9-18(34)25(43)26(44)23(17)39)11-41(7-5-6-8-41)12-16-13-52-29-21(28(46)40(29)22(16)30(47)48)37-27(45)20(19-14-53-32(35)36-19)38-51-33(2,3)31(49)50/h9-10,14,21,29H,4-8,11-13H2,1-3H3,(H6-,35,36,37,38,42,43,44,45,47,48,49,50)/p+1. The number of aliphatic carboxylic acids is 2. The van der Waals surface area contributed by atoms with Gasteiger partial charge in [-0.1, -0.05) is 5.16 Å². The summed E-state index contributed by atoms with van der Waals surface area (Å²) in [6, 6.07) is -0.261. The summed E-state index contributed by atoms with van der Waals surface area (Å²) in [5.74, 6) is -6.93. The molecule has 2 fully saturated rings. The van der Waals surface area contributed by atoms with Gasteiger partial charge in [-0.15, -0.1) is 23.1 Å². The number of aromatic nitrogens is 2. The lowest BCUT2D eigenvalue weighted by molar-refractivity contribution is -0.925. The van der Waals surface area contributed by atoms with E-state index in [9.17, 15) is 48.8 Å². The predicted molar refractivity (Wildman–Crippen MR) is 191 cm³/mol. The Morgan fingerprint density at radius 2 is 1.87 bits per heavy atom. The zero-order valence-corrected chi connectivity index (χ0v) is 30.4. The second-order valence-electron chi connectivity index (χ2n) is 13.6. The number of phenols is 2. The van der Waals surface area contributed by atoms with Crippen molar-refractivity contribution in [3.05, 3.63) is 56.2 Å². The second kappa shape index (κ2) is 14.0. The van der Waals surface area contributed by atoms with Crippen LogP contribution in [0.2, 0.25) is 0 Å². The number of carboxylic acids is 2. The number of amides is 2. The number of aryl methyl sites for hydroxylation is 1. The summed E-state index contributed by atoms with van der Waals surface area (Å²) in [6.45, 7) is 6.07. The molecule has 0 bridgehead atoms. The number of aromatic hydroxyl groups is 2. The molecular weight excluding hydrogens is 738 g/mol. The molecule has 2 atom stereocenters. The molecule has 3 aliphatic rings. The first-order chi connectivity index (χ1) is 25.0. The molecule has 1 aromatic carbocycles. The van der Waals surface area contributed by atoms with Crippen LogP contribution in [-0.2, 0) is 37.1 Å². The van der Waals surface area contributed by atoms with Gasteiger partial charge in [0.15, 0.2) is 33.6 Å². The number of thioether (sulfide) groups is 1. The topological polar surface area (TPSA) is 247 Å². The van der Waals surface area contributed by atoms with Crippen molar-refractivity contribution in [3.63, 3.8) is 0 Å². The summed E-state index contributed by atoms with van der Waals surface area (Å²) in [4.78, 5) is 75.4. The van der Waals surface area contributed by atoms with Crippen molar-refractivity contribution in [2.24, 2.45) is 5.16 Å². The molecule has 17 nitrogen and oxygen atoms in total. The number of oxime groups is 1. The fourth-order valence-corrected chi connectivity index (χ4v) is 8.77. The molecule has 0 spiro atoms. The number of pyridine rings is 1. The van der Waals surface area contributed by atoms with Crippen molar-refractivity contribution in [2.45, 2.75) is 63.7 Å². The summed E-state index contributed by atoms with van der Waals surface area (Å²) in [6.07, 6.45) is 3.15. The minimum absolute atomic E-state index is 0.00221. The van der Waals surface area contributed by atoms with Crippen molar-refractivity contribution in [3.8, 4) is 11.5 Å². The molecule has 282 valence electrons. The van der Waals surface area contributed by atoms with Crippen LogP contribution in [0.3, 0.4) is 0 Å². The highest BCUT2D eigenvalue weighted by molar-refractivity contribution is 8.00. The van der Waals surface area contributed by atoms with Gasteiger partial charge >= 0.3 is 11.9 Å². The SMILES string of the molecule is CCn1cc(C[N+]2(CC3=C(C(=O)O)N4C(=O)C(NC(=O)C(=NOC(C)(C)C(=O)O)c5csc(N)n5)C4SC3)CCCC2)c(=O)c2cc(F)c(O)c(O)c21. The molecule has 6 rings (SSSR count). The number of carboxylic acid groups (broad SMARTS) is 2. The van der Waals surface area contributed by atoms with Gasteiger partial charge in [-0.05, 0) is 26.8 Å². The van der Waals surface area contributed by atoms with Gasteiger partial charge < -0.3 is 45.4 Å². The minimum Gasteiger partial charge on any atom is -0.503 e. The number of benzene rings is 1. The molecule has 0 saturated carbocycles. The molecule has 20 heteroatoms. The zero-order chi connectivity index (χ0) is 38.6. The molecule has 5 heterocycles. The molecule has 3 aliphatic heterocycles. The van der Waals surface area contributed by atoms with Gasteiger partial charge in [-0.25, -0.2) is 19.0 Å². The quantitative estimate of drug-likeness (QED) is 0.0506. The Morgan fingerprint density at radius 3 is 2.47 bits per heavy atom. The Kier molecular flexibility index (Phi) is 9.90. The Labute approximate surface area is 308 Å². The average Bonchev–Trinajstić information content (AvgIpc) is 3.75. The first-order valence-electron chi connectivity index (χ1n) is 16.5. The number of nitrogens with one attached hydrogen (secondary N) is 1. The van der Waals surface area contributed by atoms with Gasteiger partial charge in [0.25, 0.3) is 11.8 Å². The number of anilines is 1. The third-order valence-electron chi connectivity index (χ3n) is 9.62. The van der Waals surface area contributed by atoms with E-state index >= 15 is 0 Å². The molecule has 2 saturated heterocycles. The lowest BCUT2D eigenvalue weighted by atomic mass is 10.0. The maximum Gasteiger partial charge on any atom is 0.352 e. The number of likely N-dealkylation sites (tertiary alicyclic amines) is 1. The highest BCUT2D eigenvalue weighted by atomic mass is 32.2. The third kappa shape index (κ3) is 6.77. The number of carbonyl (C=O) groups is 4. The summed E-state index contributed by atoms with van der Waals surface area (Å²) >= 11 is 2.25. The van der Waals surface area contributed by atoms with E-state index in [-0.39, 0.29) is 46.3 Å². The van der Waals surface area contributed by atoms with Gasteiger partial charge in [-0.2, -0.15) is 0 Å². The van der Waals surface area contributed by atoms with Crippen LogP contribution in [0.4, 0.5) is 9.52 Å². The van der Waals surface area contributed by atoms with E-state index in [4.69, 9.17) is 10.6 Å². The largest absolute Gasteiger partial charge is 0.503 e. The third-order valence-corrected chi connectivity index (χ3v) is 11.6. The van der Waals surface area contributed by atoms with Gasteiger partial charge in [0.05, 0.1) is 29.6 Å². The number of quaternary nitrogens is 1. The number of nitrogen functional groups attached to an aromatic ring is 1. The molecule has 2 unspecified atom stereocenters. The lowest BCUT2D eigenvalue weighted by Crippen LogP contribution is -2.71. The smallest absolute Gasteiger partial charge is 0.352 e. The van der Waals surface area contributed by atoms with Crippen molar-refractivity contribution < 1.29 is 53.3 Å². The summed E-state index contributed by atoms with van der Waals surface area (Å²) in [5.41, 5.74) is 3.53.